The van der Waals surface area contributed by atoms with Gasteiger partial charge in [0, 0.05) is 17.8 Å². The van der Waals surface area contributed by atoms with Crippen molar-refractivity contribution in [3.05, 3.63) is 11.6 Å². The summed E-state index contributed by atoms with van der Waals surface area (Å²) < 4.78 is 5.98. The molecule has 44 heavy (non-hydrogen) atoms. The predicted molar refractivity (Wildman–Crippen MR) is 177 cm³/mol. The first-order valence-corrected chi connectivity index (χ1v) is 18.2. The van der Waals surface area contributed by atoms with Gasteiger partial charge in [0.15, 0.2) is 5.78 Å². The Hall–Kier alpha value is -1.49. The lowest BCUT2D eigenvalue weighted by molar-refractivity contribution is -0.188. The Morgan fingerprint density at radius 2 is 1.57 bits per heavy atom. The van der Waals surface area contributed by atoms with Gasteiger partial charge in [0.25, 0.3) is 0 Å². The van der Waals surface area contributed by atoms with Crippen LogP contribution in [0.1, 0.15) is 139 Å². The molecule has 0 aromatic carbocycles. The second-order valence-electron chi connectivity index (χ2n) is 17.6. The quantitative estimate of drug-likeness (QED) is 0.193. The summed E-state index contributed by atoms with van der Waals surface area (Å²) in [7, 11) is 0. The number of allylic oxidation sites excluding steroid dienone is 2. The standard InChI is InChI=1S/C39H63NO4/c1-10-40(11-2)23-13-12-14-24-44-33(43)36(6)20-19-35(5)21-22-38(8)27(28(35)26-36)25-29(41)32-37(7)17-16-31(42)34(3,4)30(37)15-18-39(32,38)9/h25,28,30,32H,10-24,26H2,1-9H3/t28-,30-,32+,35+,36-,37-,38+,39+/m0/s1. The van der Waals surface area contributed by atoms with Crippen molar-refractivity contribution in [3.63, 3.8) is 0 Å². The van der Waals surface area contributed by atoms with Gasteiger partial charge in [-0.15, -0.1) is 0 Å². The van der Waals surface area contributed by atoms with Gasteiger partial charge in [0.1, 0.15) is 5.78 Å². The molecule has 0 amide bonds. The second-order valence-corrected chi connectivity index (χ2v) is 17.6. The summed E-state index contributed by atoms with van der Waals surface area (Å²) in [5.74, 6) is 1.04. The van der Waals surface area contributed by atoms with Crippen molar-refractivity contribution in [2.24, 2.45) is 50.2 Å². The van der Waals surface area contributed by atoms with Crippen LogP contribution in [0.4, 0.5) is 0 Å². The number of fused-ring (bicyclic) bond motifs is 7. The smallest absolute Gasteiger partial charge is 0.311 e. The van der Waals surface area contributed by atoms with Crippen LogP contribution < -0.4 is 0 Å². The molecule has 0 unspecified atom stereocenters. The van der Waals surface area contributed by atoms with E-state index >= 15 is 0 Å². The fourth-order valence-electron chi connectivity index (χ4n) is 11.7. The topological polar surface area (TPSA) is 63.7 Å². The molecule has 5 heteroatoms. The molecular weight excluding hydrogens is 546 g/mol. The summed E-state index contributed by atoms with van der Waals surface area (Å²) in [5, 5.41) is 0. The Bertz CT molecular complexity index is 1180. The van der Waals surface area contributed by atoms with Gasteiger partial charge in [0.2, 0.25) is 0 Å². The van der Waals surface area contributed by atoms with Crippen LogP contribution in [-0.2, 0) is 19.1 Å². The number of ketones is 2. The fraction of sp³-hybridized carbons (Fsp3) is 0.872. The monoisotopic (exact) mass is 609 g/mol. The molecule has 5 rings (SSSR count). The number of carbonyl (C=O) groups is 3. The number of nitrogens with zero attached hydrogens (tertiary/aromatic N) is 1. The highest BCUT2D eigenvalue weighted by Crippen LogP contribution is 2.74. The van der Waals surface area contributed by atoms with E-state index in [1.807, 2.05) is 0 Å². The number of unbranched alkanes of at least 4 members (excludes halogenated alkanes) is 2. The van der Waals surface area contributed by atoms with E-state index in [0.29, 0.717) is 24.6 Å². The van der Waals surface area contributed by atoms with E-state index in [9.17, 15) is 14.4 Å². The van der Waals surface area contributed by atoms with E-state index in [0.717, 1.165) is 90.3 Å². The number of esters is 1. The van der Waals surface area contributed by atoms with E-state index in [1.54, 1.807) is 0 Å². The summed E-state index contributed by atoms with van der Waals surface area (Å²) in [6, 6.07) is 0. The average Bonchev–Trinajstić information content (AvgIpc) is 2.96. The van der Waals surface area contributed by atoms with Crippen LogP contribution in [0.25, 0.3) is 0 Å². The first-order valence-electron chi connectivity index (χ1n) is 18.2. The molecule has 248 valence electrons. The van der Waals surface area contributed by atoms with Crippen LogP contribution >= 0.6 is 0 Å². The molecule has 0 saturated heterocycles. The Labute approximate surface area is 268 Å². The second kappa shape index (κ2) is 11.6. The zero-order valence-corrected chi connectivity index (χ0v) is 29.7. The summed E-state index contributed by atoms with van der Waals surface area (Å²) in [5.41, 5.74) is 0.171. The minimum Gasteiger partial charge on any atom is -0.465 e. The third-order valence-corrected chi connectivity index (χ3v) is 15.1. The number of carbonyl (C=O) groups excluding carboxylic acids is 3. The van der Waals surface area contributed by atoms with Crippen molar-refractivity contribution in [1.29, 1.82) is 0 Å². The zero-order chi connectivity index (χ0) is 32.3. The zero-order valence-electron chi connectivity index (χ0n) is 29.7. The molecule has 5 aliphatic rings. The van der Waals surface area contributed by atoms with Gasteiger partial charge in [-0.2, -0.15) is 0 Å². The van der Waals surface area contributed by atoms with Gasteiger partial charge in [-0.05, 0) is 137 Å². The molecule has 0 spiro atoms. The van der Waals surface area contributed by atoms with Gasteiger partial charge < -0.3 is 9.64 Å². The molecule has 8 atom stereocenters. The first-order chi connectivity index (χ1) is 20.5. The molecule has 4 fully saturated rings. The van der Waals surface area contributed by atoms with E-state index < -0.39 is 5.41 Å². The largest absolute Gasteiger partial charge is 0.465 e. The Kier molecular flexibility index (Phi) is 8.96. The molecule has 0 aliphatic heterocycles. The lowest BCUT2D eigenvalue weighted by Crippen LogP contribution is -2.66. The van der Waals surface area contributed by atoms with Gasteiger partial charge in [0.05, 0.1) is 12.0 Å². The molecule has 4 saturated carbocycles. The summed E-state index contributed by atoms with van der Waals surface area (Å²) in [6.07, 6.45) is 13.5. The minimum atomic E-state index is -0.511. The van der Waals surface area contributed by atoms with Gasteiger partial charge in [-0.3, -0.25) is 14.4 Å². The number of hydrogen-bond donors (Lipinski definition) is 0. The number of Topliss-reactive ketones (excluding diaryl/α,β-unsaturated/α-hetero) is 1. The molecule has 5 nitrogen and oxygen atoms in total. The summed E-state index contributed by atoms with van der Waals surface area (Å²) >= 11 is 0. The van der Waals surface area contributed by atoms with E-state index in [2.05, 4.69) is 73.3 Å². The average molecular weight is 610 g/mol. The van der Waals surface area contributed by atoms with E-state index in [4.69, 9.17) is 4.74 Å². The highest BCUT2D eigenvalue weighted by molar-refractivity contribution is 5.96. The number of ether oxygens (including phenoxy) is 1. The third kappa shape index (κ3) is 5.09. The molecule has 0 N–H and O–H groups in total. The van der Waals surface area contributed by atoms with E-state index in [1.165, 1.54) is 5.57 Å². The first kappa shape index (κ1) is 33.9. The van der Waals surface area contributed by atoms with Gasteiger partial charge in [-0.25, -0.2) is 0 Å². The number of hydrogen-bond acceptors (Lipinski definition) is 5. The van der Waals surface area contributed by atoms with Crippen LogP contribution in [0, 0.1) is 50.2 Å². The molecule has 0 aromatic heterocycles. The molecule has 0 bridgehead atoms. The van der Waals surface area contributed by atoms with Gasteiger partial charge in [-0.1, -0.05) is 61.0 Å². The van der Waals surface area contributed by atoms with Crippen LogP contribution in [0.15, 0.2) is 11.6 Å². The summed E-state index contributed by atoms with van der Waals surface area (Å²) in [6.45, 7) is 24.3. The van der Waals surface area contributed by atoms with Crippen LogP contribution in [-0.4, -0.2) is 48.7 Å². The molecular formula is C39H63NO4. The molecule has 5 aliphatic carbocycles. The van der Waals surface area contributed by atoms with Crippen molar-refractivity contribution in [3.8, 4) is 0 Å². The Balaban J connectivity index is 1.35. The lowest BCUT2D eigenvalue weighted by Gasteiger charge is -2.69. The minimum absolute atomic E-state index is 0.0375. The highest BCUT2D eigenvalue weighted by Gasteiger charge is 2.70. The maximum atomic E-state index is 14.5. The normalized spacial score (nSPS) is 43.0. The van der Waals surface area contributed by atoms with Crippen molar-refractivity contribution in [2.75, 3.05) is 26.2 Å². The fourth-order valence-corrected chi connectivity index (χ4v) is 11.7. The predicted octanol–water partition coefficient (Wildman–Crippen LogP) is 8.59. The number of rotatable bonds is 9. The maximum absolute atomic E-state index is 14.5. The Morgan fingerprint density at radius 3 is 2.25 bits per heavy atom. The Morgan fingerprint density at radius 1 is 0.886 bits per heavy atom. The van der Waals surface area contributed by atoms with E-state index in [-0.39, 0.29) is 50.8 Å². The van der Waals surface area contributed by atoms with Crippen molar-refractivity contribution >= 4 is 17.5 Å². The summed E-state index contributed by atoms with van der Waals surface area (Å²) in [4.78, 5) is 43.7. The SMILES string of the molecule is CCN(CC)CCCCCOC(=O)[C@@]1(C)CC[C@]2(C)CC[C@]3(C)C(=CC(=O)[C@@H]4[C@@]5(C)CCC(=O)C(C)(C)[C@@H]5CC[C@]43C)[C@@H]2C1. The molecule has 0 heterocycles. The van der Waals surface area contributed by atoms with Crippen molar-refractivity contribution in [2.45, 2.75) is 139 Å². The molecule has 0 aromatic rings. The third-order valence-electron chi connectivity index (χ3n) is 15.1. The van der Waals surface area contributed by atoms with Crippen molar-refractivity contribution < 1.29 is 19.1 Å². The molecule has 0 radical (unpaired) electrons. The highest BCUT2D eigenvalue weighted by atomic mass is 16.5. The van der Waals surface area contributed by atoms with Crippen LogP contribution in [0.3, 0.4) is 0 Å². The van der Waals surface area contributed by atoms with Crippen LogP contribution in [0.2, 0.25) is 0 Å². The van der Waals surface area contributed by atoms with Crippen molar-refractivity contribution in [1.82, 2.24) is 4.90 Å². The van der Waals surface area contributed by atoms with Gasteiger partial charge >= 0.3 is 5.97 Å². The lowest BCUT2D eigenvalue weighted by atomic mass is 9.33. The maximum Gasteiger partial charge on any atom is 0.311 e. The van der Waals surface area contributed by atoms with Crippen LogP contribution in [0.5, 0.6) is 0 Å².